The number of benzene rings is 1. The Morgan fingerprint density at radius 1 is 1.11 bits per heavy atom. The number of fused-ring (bicyclic) bond motifs is 3. The van der Waals surface area contributed by atoms with E-state index in [1.807, 2.05) is 0 Å². The maximum Gasteiger partial charge on any atom is 0.130 e. The second-order valence-electron chi connectivity index (χ2n) is 9.34. The summed E-state index contributed by atoms with van der Waals surface area (Å²) in [7, 11) is 0. The molecule has 2 fully saturated rings. The Kier molecular flexibility index (Phi) is 4.70. The fraction of sp³-hybridized carbons (Fsp3) is 0.625. The van der Waals surface area contributed by atoms with Crippen molar-refractivity contribution in [2.24, 2.45) is 0 Å². The second-order valence-corrected chi connectivity index (χ2v) is 9.34. The van der Waals surface area contributed by atoms with Crippen LogP contribution in [0.3, 0.4) is 0 Å². The van der Waals surface area contributed by atoms with E-state index in [0.717, 1.165) is 43.1 Å². The van der Waals surface area contributed by atoms with Gasteiger partial charge in [0, 0.05) is 23.5 Å². The number of ether oxygens (including phenoxy) is 1. The molecule has 0 bridgehead atoms. The molecule has 0 amide bonds. The molecule has 0 unspecified atom stereocenters. The Balaban J connectivity index is 1.36. The van der Waals surface area contributed by atoms with Gasteiger partial charge >= 0.3 is 0 Å². The molecule has 1 N–H and O–H groups in total. The summed E-state index contributed by atoms with van der Waals surface area (Å²) in [6.45, 7) is 8.96. The predicted octanol–water partition coefficient (Wildman–Crippen LogP) is 4.86. The van der Waals surface area contributed by atoms with Crippen LogP contribution in [-0.2, 0) is 12.8 Å². The summed E-state index contributed by atoms with van der Waals surface area (Å²) in [5.74, 6) is 2.13. The van der Waals surface area contributed by atoms with Crippen molar-refractivity contribution in [1.29, 1.82) is 0 Å². The number of hydrogen-bond acceptors (Lipinski definition) is 4. The quantitative estimate of drug-likeness (QED) is 0.697. The molecule has 1 saturated heterocycles. The van der Waals surface area contributed by atoms with Gasteiger partial charge in [0.2, 0.25) is 0 Å². The van der Waals surface area contributed by atoms with Gasteiger partial charge in [-0.15, -0.1) is 0 Å². The molecule has 2 heterocycles. The smallest absolute Gasteiger partial charge is 0.130 e. The van der Waals surface area contributed by atoms with E-state index in [2.05, 4.69) is 36.2 Å². The molecule has 1 aromatic carbocycles. The summed E-state index contributed by atoms with van der Waals surface area (Å²) in [4.78, 5) is 7.62. The van der Waals surface area contributed by atoms with Crippen LogP contribution in [0.15, 0.2) is 12.1 Å². The number of pyridine rings is 1. The molecule has 1 aliphatic heterocycles. The van der Waals surface area contributed by atoms with Crippen LogP contribution >= 0.6 is 0 Å². The summed E-state index contributed by atoms with van der Waals surface area (Å²) < 4.78 is 6.19. The normalized spacial score (nSPS) is 20.5. The van der Waals surface area contributed by atoms with Crippen LogP contribution in [-0.4, -0.2) is 41.7 Å². The molecule has 2 aliphatic carbocycles. The Bertz CT molecular complexity index is 881. The lowest BCUT2D eigenvalue weighted by atomic mass is 10.0. The number of likely N-dealkylation sites (tertiary alicyclic amines) is 1. The minimum atomic E-state index is 0.261. The van der Waals surface area contributed by atoms with Gasteiger partial charge in [0.15, 0.2) is 0 Å². The molecule has 2 aromatic rings. The monoisotopic (exact) mass is 379 g/mol. The molecule has 28 heavy (non-hydrogen) atoms. The Labute approximate surface area is 168 Å². The van der Waals surface area contributed by atoms with Gasteiger partial charge in [-0.1, -0.05) is 0 Å². The molecule has 1 aromatic heterocycles. The summed E-state index contributed by atoms with van der Waals surface area (Å²) >= 11 is 0. The van der Waals surface area contributed by atoms with E-state index in [4.69, 9.17) is 9.72 Å². The van der Waals surface area contributed by atoms with Crippen molar-refractivity contribution in [3.63, 3.8) is 0 Å². The van der Waals surface area contributed by atoms with Crippen LogP contribution < -0.4 is 10.1 Å². The molecule has 0 spiro atoms. The van der Waals surface area contributed by atoms with E-state index in [1.165, 1.54) is 73.7 Å². The SMILES string of the molecule is Cc1cc2c3c(c(NC4(C)CC4)nc2cc1OCCCN1CCCC1)CCC3. The summed E-state index contributed by atoms with van der Waals surface area (Å²) in [5.41, 5.74) is 5.56. The lowest BCUT2D eigenvalue weighted by molar-refractivity contribution is 0.262. The molecule has 3 aliphatic rings. The molecule has 4 heteroatoms. The first-order chi connectivity index (χ1) is 13.6. The fourth-order valence-corrected chi connectivity index (χ4v) is 4.84. The zero-order chi connectivity index (χ0) is 19.1. The van der Waals surface area contributed by atoms with Crippen molar-refractivity contribution in [3.05, 3.63) is 28.8 Å². The van der Waals surface area contributed by atoms with Crippen molar-refractivity contribution >= 4 is 16.7 Å². The lowest BCUT2D eigenvalue weighted by Gasteiger charge is -2.19. The predicted molar refractivity (Wildman–Crippen MR) is 116 cm³/mol. The van der Waals surface area contributed by atoms with Gasteiger partial charge in [-0.3, -0.25) is 0 Å². The van der Waals surface area contributed by atoms with Gasteiger partial charge in [-0.2, -0.15) is 0 Å². The number of aryl methyl sites for hydroxylation is 2. The van der Waals surface area contributed by atoms with Crippen LogP contribution in [0.2, 0.25) is 0 Å². The second kappa shape index (κ2) is 7.22. The first-order valence-corrected chi connectivity index (χ1v) is 11.2. The zero-order valence-electron chi connectivity index (χ0n) is 17.4. The van der Waals surface area contributed by atoms with E-state index < -0.39 is 0 Å². The summed E-state index contributed by atoms with van der Waals surface area (Å²) in [6.07, 6.45) is 9.89. The van der Waals surface area contributed by atoms with Crippen molar-refractivity contribution < 1.29 is 4.74 Å². The molecular formula is C24H33N3O. The van der Waals surface area contributed by atoms with Gasteiger partial charge in [0.25, 0.3) is 0 Å². The van der Waals surface area contributed by atoms with Gasteiger partial charge < -0.3 is 15.0 Å². The lowest BCUT2D eigenvalue weighted by Crippen LogP contribution is -2.22. The Morgan fingerprint density at radius 3 is 2.68 bits per heavy atom. The molecule has 0 atom stereocenters. The zero-order valence-corrected chi connectivity index (χ0v) is 17.4. The number of anilines is 1. The largest absolute Gasteiger partial charge is 0.493 e. The highest BCUT2D eigenvalue weighted by molar-refractivity contribution is 5.88. The third-order valence-corrected chi connectivity index (χ3v) is 6.85. The maximum atomic E-state index is 6.19. The third-order valence-electron chi connectivity index (χ3n) is 6.85. The Morgan fingerprint density at radius 2 is 1.89 bits per heavy atom. The Hall–Kier alpha value is -1.81. The topological polar surface area (TPSA) is 37.4 Å². The molecule has 150 valence electrons. The van der Waals surface area contributed by atoms with Crippen molar-refractivity contribution in [1.82, 2.24) is 9.88 Å². The van der Waals surface area contributed by atoms with Crippen LogP contribution in [0, 0.1) is 6.92 Å². The number of hydrogen-bond donors (Lipinski definition) is 1. The number of rotatable bonds is 7. The summed E-state index contributed by atoms with van der Waals surface area (Å²) in [6, 6.07) is 4.49. The van der Waals surface area contributed by atoms with Gasteiger partial charge in [0.1, 0.15) is 11.6 Å². The van der Waals surface area contributed by atoms with E-state index in [0.29, 0.717) is 0 Å². The number of nitrogens with one attached hydrogen (secondary N) is 1. The highest BCUT2D eigenvalue weighted by atomic mass is 16.5. The van der Waals surface area contributed by atoms with Gasteiger partial charge in [-0.05, 0) is 101 Å². The van der Waals surface area contributed by atoms with Crippen molar-refractivity contribution in [3.8, 4) is 5.75 Å². The molecule has 1 saturated carbocycles. The molecular weight excluding hydrogens is 346 g/mol. The van der Waals surface area contributed by atoms with Gasteiger partial charge in [-0.25, -0.2) is 4.98 Å². The summed E-state index contributed by atoms with van der Waals surface area (Å²) in [5, 5.41) is 5.08. The first kappa shape index (κ1) is 18.2. The van der Waals surface area contributed by atoms with Crippen LogP contribution in [0.1, 0.15) is 62.1 Å². The molecule has 0 radical (unpaired) electrons. The standard InChI is InChI=1S/C24H33N3O/c1-17-15-20-18-7-5-8-19(18)23(26-24(2)9-10-24)25-21(20)16-22(17)28-14-6-13-27-11-3-4-12-27/h15-16H,3-14H2,1-2H3,(H,25,26). The average molecular weight is 380 g/mol. The fourth-order valence-electron chi connectivity index (χ4n) is 4.84. The average Bonchev–Trinajstić information content (AvgIpc) is 3.10. The maximum absolute atomic E-state index is 6.19. The van der Waals surface area contributed by atoms with Crippen LogP contribution in [0.25, 0.3) is 10.9 Å². The highest BCUT2D eigenvalue weighted by Gasteiger charge is 2.38. The minimum Gasteiger partial charge on any atom is -0.493 e. The minimum absolute atomic E-state index is 0.261. The van der Waals surface area contributed by atoms with Crippen LogP contribution in [0.5, 0.6) is 5.75 Å². The van der Waals surface area contributed by atoms with E-state index in [1.54, 1.807) is 0 Å². The van der Waals surface area contributed by atoms with Crippen LogP contribution in [0.4, 0.5) is 5.82 Å². The molecule has 5 rings (SSSR count). The van der Waals surface area contributed by atoms with E-state index in [-0.39, 0.29) is 5.54 Å². The first-order valence-electron chi connectivity index (χ1n) is 11.2. The van der Waals surface area contributed by atoms with Gasteiger partial charge in [0.05, 0.1) is 12.1 Å². The van der Waals surface area contributed by atoms with Crippen molar-refractivity contribution in [2.45, 2.75) is 70.8 Å². The van der Waals surface area contributed by atoms with E-state index >= 15 is 0 Å². The van der Waals surface area contributed by atoms with E-state index in [9.17, 15) is 0 Å². The third kappa shape index (κ3) is 3.59. The highest BCUT2D eigenvalue weighted by Crippen LogP contribution is 2.42. The van der Waals surface area contributed by atoms with Crippen molar-refractivity contribution in [2.75, 3.05) is 31.6 Å². The number of aromatic nitrogens is 1. The number of nitrogens with zero attached hydrogens (tertiary/aromatic N) is 2. The molecule has 4 nitrogen and oxygen atoms in total.